The fourth-order valence-electron chi connectivity index (χ4n) is 2.91. The number of benzene rings is 1. The van der Waals surface area contributed by atoms with Crippen molar-refractivity contribution in [2.24, 2.45) is 0 Å². The Balaban J connectivity index is 2.33. The first-order valence-electron chi connectivity index (χ1n) is 8.35. The Hall–Kier alpha value is -2.44. The van der Waals surface area contributed by atoms with Crippen LogP contribution in [0.2, 0.25) is 0 Å². The minimum atomic E-state index is -0.972. The summed E-state index contributed by atoms with van der Waals surface area (Å²) in [6.07, 6.45) is 3.31. The average Bonchev–Trinajstić information content (AvgIpc) is 2.97. The Morgan fingerprint density at radius 2 is 1.88 bits per heavy atom. The Labute approximate surface area is 151 Å². The molecule has 0 N–H and O–H groups in total. The lowest BCUT2D eigenvalue weighted by atomic mass is 10.0. The molecule has 0 aromatic heterocycles. The summed E-state index contributed by atoms with van der Waals surface area (Å²) >= 11 is 0. The van der Waals surface area contributed by atoms with E-state index in [0.29, 0.717) is 18.4 Å². The molecule has 1 aromatic carbocycles. The number of methoxy groups -OCH3 is 1. The van der Waals surface area contributed by atoms with Crippen LogP contribution >= 0.6 is 0 Å². The molecule has 1 amide bonds. The minimum absolute atomic E-state index is 0.415. The lowest BCUT2D eigenvalue weighted by Gasteiger charge is -2.32. The Morgan fingerprint density at radius 1 is 1.19 bits per heavy atom. The third kappa shape index (κ3) is 4.80. The van der Waals surface area contributed by atoms with Gasteiger partial charge in [0.25, 0.3) is 0 Å². The van der Waals surface area contributed by atoms with Crippen LogP contribution in [0.4, 0.5) is 13.6 Å². The Morgan fingerprint density at radius 3 is 2.46 bits per heavy atom. The number of hydrogen-bond donors (Lipinski definition) is 0. The van der Waals surface area contributed by atoms with Gasteiger partial charge < -0.3 is 9.47 Å². The van der Waals surface area contributed by atoms with E-state index < -0.39 is 41.4 Å². The van der Waals surface area contributed by atoms with Crippen molar-refractivity contribution in [3.63, 3.8) is 0 Å². The van der Waals surface area contributed by atoms with Gasteiger partial charge >= 0.3 is 12.1 Å². The molecule has 0 spiro atoms. The van der Waals surface area contributed by atoms with Gasteiger partial charge in [0.05, 0.1) is 19.2 Å². The maximum Gasteiger partial charge on any atom is 0.411 e. The minimum Gasteiger partial charge on any atom is -0.466 e. The van der Waals surface area contributed by atoms with E-state index in [1.807, 2.05) is 0 Å². The fourth-order valence-corrected chi connectivity index (χ4v) is 2.91. The zero-order valence-corrected chi connectivity index (χ0v) is 15.3. The van der Waals surface area contributed by atoms with Crippen LogP contribution in [0.1, 0.15) is 45.2 Å². The van der Waals surface area contributed by atoms with Crippen molar-refractivity contribution in [2.75, 3.05) is 7.11 Å². The van der Waals surface area contributed by atoms with Crippen LogP contribution < -0.4 is 0 Å². The van der Waals surface area contributed by atoms with E-state index in [1.165, 1.54) is 24.2 Å². The largest absolute Gasteiger partial charge is 0.466 e. The first kappa shape index (κ1) is 19.9. The number of carbonyl (C=O) groups is 2. The van der Waals surface area contributed by atoms with Crippen molar-refractivity contribution in [2.45, 2.75) is 51.3 Å². The molecule has 2 rings (SSSR count). The fraction of sp³-hybridized carbons (Fsp3) is 0.474. The van der Waals surface area contributed by atoms with Crippen LogP contribution in [0.3, 0.4) is 0 Å². The summed E-state index contributed by atoms with van der Waals surface area (Å²) in [7, 11) is 1.26. The molecule has 0 aliphatic carbocycles. The number of rotatable bonds is 3. The maximum atomic E-state index is 13.6. The van der Waals surface area contributed by atoms with E-state index in [9.17, 15) is 18.4 Å². The Kier molecular flexibility index (Phi) is 6.00. The van der Waals surface area contributed by atoms with Crippen molar-refractivity contribution in [3.05, 3.63) is 47.5 Å². The summed E-state index contributed by atoms with van der Waals surface area (Å²) in [6, 6.07) is 2.68. The topological polar surface area (TPSA) is 55.8 Å². The highest BCUT2D eigenvalue weighted by Crippen LogP contribution is 2.38. The summed E-state index contributed by atoms with van der Waals surface area (Å²) < 4.78 is 36.9. The van der Waals surface area contributed by atoms with E-state index >= 15 is 0 Å². The number of likely N-dealkylation sites (tertiary alicyclic amines) is 1. The van der Waals surface area contributed by atoms with Crippen molar-refractivity contribution in [1.29, 1.82) is 0 Å². The molecule has 0 radical (unpaired) electrons. The molecule has 7 heteroatoms. The smallest absolute Gasteiger partial charge is 0.411 e. The maximum absolute atomic E-state index is 13.6. The van der Waals surface area contributed by atoms with Gasteiger partial charge in [0.15, 0.2) is 11.6 Å². The molecule has 26 heavy (non-hydrogen) atoms. The highest BCUT2D eigenvalue weighted by molar-refractivity contribution is 5.82. The molecule has 1 aromatic rings. The second kappa shape index (κ2) is 7.85. The summed E-state index contributed by atoms with van der Waals surface area (Å²) in [5.74, 6) is -2.46. The highest BCUT2D eigenvalue weighted by Gasteiger charge is 2.39. The van der Waals surface area contributed by atoms with Gasteiger partial charge in [-0.25, -0.2) is 18.4 Å². The number of ether oxygens (including phenoxy) is 2. The normalized spacial score (nSPS) is 20.5. The molecular weight excluding hydrogens is 344 g/mol. The van der Waals surface area contributed by atoms with Crippen LogP contribution in [0, 0.1) is 11.6 Å². The monoisotopic (exact) mass is 367 g/mol. The summed E-state index contributed by atoms with van der Waals surface area (Å²) in [4.78, 5) is 25.5. The third-order valence-electron chi connectivity index (χ3n) is 4.02. The van der Waals surface area contributed by atoms with Crippen molar-refractivity contribution in [1.82, 2.24) is 4.90 Å². The number of nitrogens with zero attached hydrogens (tertiary/aromatic N) is 1. The summed E-state index contributed by atoms with van der Waals surface area (Å²) in [6.45, 7) is 5.23. The molecule has 5 nitrogen and oxygen atoms in total. The predicted octanol–water partition coefficient (Wildman–Crippen LogP) is 4.13. The zero-order chi connectivity index (χ0) is 19.5. The van der Waals surface area contributed by atoms with Gasteiger partial charge in [0.1, 0.15) is 5.60 Å². The molecule has 1 aliphatic heterocycles. The standard InChI is InChI=1S/C19H23F2NO4/c1-19(2,3)26-18(24)22-13(7-10-17(23)25-4)6-9-16(22)12-5-8-14(20)15(21)11-12/h5,7-8,10-11,13,16H,6,9H2,1-4H3/b10-7+/t13-,16+/m1/s1. The van der Waals surface area contributed by atoms with E-state index in [0.717, 1.165) is 12.1 Å². The van der Waals surface area contributed by atoms with Crippen LogP contribution in [0.15, 0.2) is 30.4 Å². The van der Waals surface area contributed by atoms with Crippen molar-refractivity contribution >= 4 is 12.1 Å². The van der Waals surface area contributed by atoms with Gasteiger partial charge in [-0.3, -0.25) is 4.90 Å². The molecule has 1 heterocycles. The number of carbonyl (C=O) groups excluding carboxylic acids is 2. The van der Waals surface area contributed by atoms with Crippen molar-refractivity contribution in [3.8, 4) is 0 Å². The van der Waals surface area contributed by atoms with E-state index in [-0.39, 0.29) is 0 Å². The summed E-state index contributed by atoms with van der Waals surface area (Å²) in [5.41, 5.74) is -0.238. The van der Waals surface area contributed by atoms with Crippen LogP contribution in [-0.4, -0.2) is 35.7 Å². The quantitative estimate of drug-likeness (QED) is 0.595. The number of hydrogen-bond acceptors (Lipinski definition) is 4. The van der Waals surface area contributed by atoms with Gasteiger partial charge in [-0.1, -0.05) is 12.1 Å². The van der Waals surface area contributed by atoms with Gasteiger partial charge in [0.2, 0.25) is 0 Å². The zero-order valence-electron chi connectivity index (χ0n) is 15.3. The first-order chi connectivity index (χ1) is 12.1. The number of halogens is 2. The molecular formula is C19H23F2NO4. The van der Waals surface area contributed by atoms with Crippen LogP contribution in [0.5, 0.6) is 0 Å². The van der Waals surface area contributed by atoms with Gasteiger partial charge in [-0.05, 0) is 51.3 Å². The lowest BCUT2D eigenvalue weighted by molar-refractivity contribution is -0.134. The van der Waals surface area contributed by atoms with Crippen LogP contribution in [-0.2, 0) is 14.3 Å². The molecule has 0 saturated carbocycles. The Bertz CT molecular complexity index is 712. The van der Waals surface area contributed by atoms with E-state index in [4.69, 9.17) is 4.74 Å². The molecule has 1 aliphatic rings. The predicted molar refractivity (Wildman–Crippen MR) is 91.4 cm³/mol. The second-order valence-corrected chi connectivity index (χ2v) is 7.10. The third-order valence-corrected chi connectivity index (χ3v) is 4.02. The average molecular weight is 367 g/mol. The molecule has 0 unspecified atom stereocenters. The van der Waals surface area contributed by atoms with Gasteiger partial charge in [-0.2, -0.15) is 0 Å². The van der Waals surface area contributed by atoms with Gasteiger partial charge in [-0.15, -0.1) is 0 Å². The lowest BCUT2D eigenvalue weighted by Crippen LogP contribution is -2.40. The highest BCUT2D eigenvalue weighted by atomic mass is 19.2. The number of esters is 1. The van der Waals surface area contributed by atoms with Crippen molar-refractivity contribution < 1.29 is 27.8 Å². The number of amides is 1. The van der Waals surface area contributed by atoms with E-state index in [1.54, 1.807) is 26.8 Å². The van der Waals surface area contributed by atoms with E-state index in [2.05, 4.69) is 4.74 Å². The van der Waals surface area contributed by atoms with Crippen LogP contribution in [0.25, 0.3) is 0 Å². The first-order valence-corrected chi connectivity index (χ1v) is 8.35. The molecule has 2 atom stereocenters. The molecule has 1 saturated heterocycles. The molecule has 142 valence electrons. The molecule has 1 fully saturated rings. The SMILES string of the molecule is COC(=O)/C=C/[C@H]1CC[C@@H](c2ccc(F)c(F)c2)N1C(=O)OC(C)(C)C. The van der Waals surface area contributed by atoms with Gasteiger partial charge in [0, 0.05) is 6.08 Å². The summed E-state index contributed by atoms with van der Waals surface area (Å²) in [5, 5.41) is 0. The second-order valence-electron chi connectivity index (χ2n) is 7.10. The molecule has 0 bridgehead atoms.